The second kappa shape index (κ2) is 5.08. The predicted molar refractivity (Wildman–Crippen MR) is 74.6 cm³/mol. The largest absolute Gasteiger partial charge is 0.506 e. The Labute approximate surface area is 114 Å². The van der Waals surface area contributed by atoms with Crippen LogP contribution in [0.4, 0.5) is 0 Å². The minimum atomic E-state index is -0.165. The van der Waals surface area contributed by atoms with Crippen molar-refractivity contribution in [3.05, 3.63) is 48.2 Å². The van der Waals surface area contributed by atoms with Crippen LogP contribution in [0.5, 0.6) is 5.75 Å². The molecule has 0 atom stereocenters. The van der Waals surface area contributed by atoms with E-state index in [9.17, 15) is 9.90 Å². The number of aromatic amines is 2. The van der Waals surface area contributed by atoms with Crippen LogP contribution in [-0.2, 0) is 6.42 Å². The highest BCUT2D eigenvalue weighted by atomic mass is 16.3. The van der Waals surface area contributed by atoms with Gasteiger partial charge >= 0.3 is 0 Å². The highest BCUT2D eigenvalue weighted by Crippen LogP contribution is 2.25. The summed E-state index contributed by atoms with van der Waals surface area (Å²) in [6.45, 7) is 0.520. The second-order valence-corrected chi connectivity index (χ2v) is 4.48. The van der Waals surface area contributed by atoms with Gasteiger partial charge in [-0.15, -0.1) is 0 Å². The van der Waals surface area contributed by atoms with Gasteiger partial charge in [-0.3, -0.25) is 4.79 Å². The van der Waals surface area contributed by atoms with Crippen LogP contribution in [-0.4, -0.2) is 32.5 Å². The Bertz CT molecular complexity index is 731. The van der Waals surface area contributed by atoms with Crippen molar-refractivity contribution < 1.29 is 9.90 Å². The van der Waals surface area contributed by atoms with Crippen LogP contribution in [0.1, 0.15) is 16.1 Å². The molecule has 0 saturated heterocycles. The Morgan fingerprint density at radius 2 is 2.25 bits per heavy atom. The van der Waals surface area contributed by atoms with Crippen molar-refractivity contribution in [3.63, 3.8) is 0 Å². The summed E-state index contributed by atoms with van der Waals surface area (Å²) in [6, 6.07) is 5.10. The maximum atomic E-state index is 12.1. The van der Waals surface area contributed by atoms with E-state index in [1.165, 1.54) is 0 Å². The molecule has 20 heavy (non-hydrogen) atoms. The number of nitrogens with one attached hydrogen (secondary N) is 3. The van der Waals surface area contributed by atoms with E-state index in [1.807, 2.05) is 0 Å². The smallest absolute Gasteiger partial charge is 0.253 e. The molecule has 0 aliphatic carbocycles. The number of nitrogens with zero attached hydrogens (tertiary/aromatic N) is 1. The molecule has 6 heteroatoms. The van der Waals surface area contributed by atoms with Crippen LogP contribution in [0.2, 0.25) is 0 Å². The van der Waals surface area contributed by atoms with Crippen LogP contribution >= 0.6 is 0 Å². The van der Waals surface area contributed by atoms with Crippen LogP contribution < -0.4 is 5.32 Å². The number of phenols is 1. The van der Waals surface area contributed by atoms with Gasteiger partial charge in [-0.1, -0.05) is 12.1 Å². The lowest BCUT2D eigenvalue weighted by atomic mass is 10.1. The molecule has 0 bridgehead atoms. The second-order valence-electron chi connectivity index (χ2n) is 4.48. The fourth-order valence-electron chi connectivity index (χ4n) is 2.15. The highest BCUT2D eigenvalue weighted by Gasteiger charge is 2.13. The first kappa shape index (κ1) is 12.3. The monoisotopic (exact) mass is 270 g/mol. The number of imidazole rings is 1. The molecule has 0 radical (unpaired) electrons. The highest BCUT2D eigenvalue weighted by molar-refractivity contribution is 6.07. The van der Waals surface area contributed by atoms with Gasteiger partial charge < -0.3 is 20.4 Å². The minimum Gasteiger partial charge on any atom is -0.506 e. The minimum absolute atomic E-state index is 0.138. The molecule has 2 heterocycles. The number of fused-ring (bicyclic) bond motifs is 1. The summed E-state index contributed by atoms with van der Waals surface area (Å²) < 4.78 is 0. The number of aromatic nitrogens is 3. The molecule has 4 N–H and O–H groups in total. The molecule has 0 spiro atoms. The van der Waals surface area contributed by atoms with E-state index < -0.39 is 0 Å². The van der Waals surface area contributed by atoms with Crippen LogP contribution in [0.15, 0.2) is 36.9 Å². The molecule has 3 aromatic rings. The third kappa shape index (κ3) is 2.23. The Balaban J connectivity index is 1.71. The lowest BCUT2D eigenvalue weighted by Crippen LogP contribution is -2.25. The van der Waals surface area contributed by atoms with E-state index in [1.54, 1.807) is 36.9 Å². The number of rotatable bonds is 4. The number of benzene rings is 1. The standard InChI is InChI=1S/C14H14N4O2/c19-12-3-1-2-10-11(7-17-13(10)12)14(20)16-5-4-9-6-15-8-18-9/h1-3,6-8,17,19H,4-5H2,(H,15,18)(H,16,20). The van der Waals surface area contributed by atoms with E-state index in [0.29, 0.717) is 29.4 Å². The number of phenolic OH excluding ortho intramolecular Hbond substituents is 1. The zero-order valence-corrected chi connectivity index (χ0v) is 10.7. The molecule has 0 saturated carbocycles. The lowest BCUT2D eigenvalue weighted by molar-refractivity contribution is 0.0956. The molecule has 0 aliphatic rings. The third-order valence-electron chi connectivity index (χ3n) is 3.17. The molecule has 0 unspecified atom stereocenters. The number of carbonyl (C=O) groups is 1. The summed E-state index contributed by atoms with van der Waals surface area (Å²) in [5.74, 6) is -0.0274. The molecular formula is C14H14N4O2. The number of H-pyrrole nitrogens is 2. The van der Waals surface area contributed by atoms with Gasteiger partial charge in [0.25, 0.3) is 5.91 Å². The number of hydrogen-bond donors (Lipinski definition) is 4. The van der Waals surface area contributed by atoms with Crippen molar-refractivity contribution in [1.82, 2.24) is 20.3 Å². The molecule has 102 valence electrons. The third-order valence-corrected chi connectivity index (χ3v) is 3.17. The van der Waals surface area contributed by atoms with Crippen molar-refractivity contribution in [3.8, 4) is 5.75 Å². The van der Waals surface area contributed by atoms with Crippen LogP contribution in [0.25, 0.3) is 10.9 Å². The molecule has 3 rings (SSSR count). The number of amides is 1. The SMILES string of the molecule is O=C(NCCc1cnc[nH]1)c1c[nH]c2c(O)cccc12. The van der Waals surface area contributed by atoms with Gasteiger partial charge in [0.2, 0.25) is 0 Å². The van der Waals surface area contributed by atoms with Crippen molar-refractivity contribution in [1.29, 1.82) is 0 Å². The van der Waals surface area contributed by atoms with Crippen molar-refractivity contribution in [2.45, 2.75) is 6.42 Å². The lowest BCUT2D eigenvalue weighted by Gasteiger charge is -2.03. The van der Waals surface area contributed by atoms with Gasteiger partial charge in [-0.25, -0.2) is 4.98 Å². The Hall–Kier alpha value is -2.76. The molecule has 1 aromatic carbocycles. The van der Waals surface area contributed by atoms with E-state index in [4.69, 9.17) is 0 Å². The summed E-state index contributed by atoms with van der Waals surface area (Å²) in [4.78, 5) is 21.9. The van der Waals surface area contributed by atoms with Gasteiger partial charge in [-0.2, -0.15) is 0 Å². The maximum absolute atomic E-state index is 12.1. The van der Waals surface area contributed by atoms with Crippen molar-refractivity contribution in [2.24, 2.45) is 0 Å². The summed E-state index contributed by atoms with van der Waals surface area (Å²) in [7, 11) is 0. The molecule has 6 nitrogen and oxygen atoms in total. The van der Waals surface area contributed by atoms with Crippen LogP contribution in [0, 0.1) is 0 Å². The molecular weight excluding hydrogens is 256 g/mol. The Morgan fingerprint density at radius 1 is 1.35 bits per heavy atom. The summed E-state index contributed by atoms with van der Waals surface area (Å²) in [6.07, 6.45) is 5.64. The Kier molecular flexibility index (Phi) is 3.12. The fraction of sp³-hybridized carbons (Fsp3) is 0.143. The zero-order chi connectivity index (χ0) is 13.9. The maximum Gasteiger partial charge on any atom is 0.253 e. The molecule has 0 fully saturated rings. The summed E-state index contributed by atoms with van der Waals surface area (Å²) in [5, 5.41) is 13.3. The van der Waals surface area contributed by atoms with Gasteiger partial charge in [0.1, 0.15) is 5.75 Å². The van der Waals surface area contributed by atoms with Gasteiger partial charge in [0.05, 0.1) is 17.4 Å². The van der Waals surface area contributed by atoms with Crippen molar-refractivity contribution in [2.75, 3.05) is 6.54 Å². The van der Waals surface area contributed by atoms with E-state index in [0.717, 1.165) is 5.69 Å². The average Bonchev–Trinajstić information content (AvgIpc) is 3.08. The zero-order valence-electron chi connectivity index (χ0n) is 10.7. The quantitative estimate of drug-likeness (QED) is 0.579. The first-order valence-corrected chi connectivity index (χ1v) is 6.30. The van der Waals surface area contributed by atoms with E-state index in [-0.39, 0.29) is 11.7 Å². The number of carbonyl (C=O) groups excluding carboxylic acids is 1. The molecule has 1 amide bonds. The predicted octanol–water partition coefficient (Wildman–Crippen LogP) is 1.57. The fourth-order valence-corrected chi connectivity index (χ4v) is 2.15. The average molecular weight is 270 g/mol. The van der Waals surface area contributed by atoms with Crippen molar-refractivity contribution >= 4 is 16.8 Å². The van der Waals surface area contributed by atoms with Gasteiger partial charge in [0.15, 0.2) is 0 Å². The normalized spacial score (nSPS) is 10.8. The molecule has 2 aromatic heterocycles. The van der Waals surface area contributed by atoms with Gasteiger partial charge in [0, 0.05) is 36.4 Å². The first-order valence-electron chi connectivity index (χ1n) is 6.30. The summed E-state index contributed by atoms with van der Waals surface area (Å²) in [5.41, 5.74) is 2.08. The summed E-state index contributed by atoms with van der Waals surface area (Å²) >= 11 is 0. The van der Waals surface area contributed by atoms with E-state index >= 15 is 0 Å². The first-order chi connectivity index (χ1) is 9.75. The topological polar surface area (TPSA) is 93.8 Å². The van der Waals surface area contributed by atoms with E-state index in [2.05, 4.69) is 20.3 Å². The number of aromatic hydroxyl groups is 1. The number of hydrogen-bond acceptors (Lipinski definition) is 3. The Morgan fingerprint density at radius 3 is 3.05 bits per heavy atom. The van der Waals surface area contributed by atoms with Gasteiger partial charge in [-0.05, 0) is 6.07 Å². The molecule has 0 aliphatic heterocycles. The number of para-hydroxylation sites is 1. The van der Waals surface area contributed by atoms with Crippen LogP contribution in [0.3, 0.4) is 0 Å².